The van der Waals surface area contributed by atoms with E-state index in [2.05, 4.69) is 46.4 Å². The molecule has 0 saturated heterocycles. The third kappa shape index (κ3) is 4.53. The van der Waals surface area contributed by atoms with Gasteiger partial charge in [-0.15, -0.1) is 0 Å². The number of benzene rings is 2. The van der Waals surface area contributed by atoms with E-state index in [-0.39, 0.29) is 11.7 Å². The molecule has 0 spiro atoms. The topological polar surface area (TPSA) is 12.0 Å². The average molecular weight is 354 g/mol. The normalized spacial score (nSPS) is 12.2. The van der Waals surface area contributed by atoms with E-state index >= 15 is 0 Å². The Labute approximate surface area is 132 Å². The molecule has 2 rings (SSSR count). The molecule has 0 bridgehead atoms. The summed E-state index contributed by atoms with van der Waals surface area (Å²) in [4.78, 5) is 0. The summed E-state index contributed by atoms with van der Waals surface area (Å²) in [7, 11) is 0. The Bertz CT molecular complexity index is 605. The van der Waals surface area contributed by atoms with Crippen LogP contribution in [-0.2, 0) is 6.42 Å². The number of nitrogens with one attached hydrogen (secondary N) is 1. The number of hydrogen-bond acceptors (Lipinski definition) is 1. The second-order valence-corrected chi connectivity index (χ2v) is 6.23. The summed E-state index contributed by atoms with van der Waals surface area (Å²) in [6.07, 6.45) is 1.67. The van der Waals surface area contributed by atoms with Gasteiger partial charge in [0.05, 0.1) is 0 Å². The van der Waals surface area contributed by atoms with Crippen molar-refractivity contribution in [1.82, 2.24) is 0 Å². The first kappa shape index (κ1) is 16.0. The maximum Gasteiger partial charge on any atom is 0.150 e. The van der Waals surface area contributed by atoms with Crippen molar-refractivity contribution in [3.05, 3.63) is 63.6 Å². The molecule has 1 nitrogen and oxygen atoms in total. The van der Waals surface area contributed by atoms with Crippen molar-refractivity contribution >= 4 is 21.6 Å². The minimum atomic E-state index is -0.579. The highest BCUT2D eigenvalue weighted by molar-refractivity contribution is 9.10. The summed E-state index contributed by atoms with van der Waals surface area (Å²) in [5.41, 5.74) is 2.40. The molecule has 1 unspecified atom stereocenters. The van der Waals surface area contributed by atoms with E-state index in [4.69, 9.17) is 0 Å². The van der Waals surface area contributed by atoms with Crippen LogP contribution in [0.4, 0.5) is 14.5 Å². The molecule has 0 aliphatic rings. The third-order valence-electron chi connectivity index (χ3n) is 3.35. The van der Waals surface area contributed by atoms with Gasteiger partial charge in [0.15, 0.2) is 0 Å². The lowest BCUT2D eigenvalue weighted by atomic mass is 10.0. The third-order valence-corrected chi connectivity index (χ3v) is 3.80. The van der Waals surface area contributed by atoms with E-state index < -0.39 is 11.6 Å². The molecule has 0 amide bonds. The van der Waals surface area contributed by atoms with Crippen molar-refractivity contribution in [1.29, 1.82) is 0 Å². The van der Waals surface area contributed by atoms with Gasteiger partial charge in [0.1, 0.15) is 17.3 Å². The Morgan fingerprint density at radius 3 is 2.43 bits per heavy atom. The zero-order valence-corrected chi connectivity index (χ0v) is 13.7. The van der Waals surface area contributed by atoms with Gasteiger partial charge in [0.2, 0.25) is 0 Å². The van der Waals surface area contributed by atoms with Gasteiger partial charge in [-0.1, -0.05) is 45.8 Å². The molecule has 0 aliphatic carbocycles. The highest BCUT2D eigenvalue weighted by Crippen LogP contribution is 2.25. The molecule has 112 valence electrons. The van der Waals surface area contributed by atoms with Gasteiger partial charge >= 0.3 is 0 Å². The second-order valence-electron chi connectivity index (χ2n) is 5.32. The number of halogens is 3. The molecule has 0 heterocycles. The first-order valence-corrected chi connectivity index (χ1v) is 7.71. The second kappa shape index (κ2) is 7.03. The maximum atomic E-state index is 13.8. The zero-order chi connectivity index (χ0) is 15.4. The molecule has 0 aliphatic heterocycles. The van der Waals surface area contributed by atoms with E-state index in [0.717, 1.165) is 12.8 Å². The van der Waals surface area contributed by atoms with E-state index in [1.165, 1.54) is 23.3 Å². The minimum Gasteiger partial charge on any atom is -0.378 e. The van der Waals surface area contributed by atoms with Crippen LogP contribution < -0.4 is 5.32 Å². The van der Waals surface area contributed by atoms with E-state index in [9.17, 15) is 8.78 Å². The minimum absolute atomic E-state index is 0.0179. The van der Waals surface area contributed by atoms with Crippen LogP contribution in [0.2, 0.25) is 0 Å². The van der Waals surface area contributed by atoms with Gasteiger partial charge in [0, 0.05) is 10.5 Å². The lowest BCUT2D eigenvalue weighted by Gasteiger charge is -2.16. The predicted molar refractivity (Wildman–Crippen MR) is 86.6 cm³/mol. The van der Waals surface area contributed by atoms with E-state index in [0.29, 0.717) is 4.47 Å². The predicted octanol–water partition coefficient (Wildman–Crippen LogP) is 5.47. The number of aryl methyl sites for hydroxylation is 2. The smallest absolute Gasteiger partial charge is 0.150 e. The van der Waals surface area contributed by atoms with Gasteiger partial charge in [0.25, 0.3) is 0 Å². The average Bonchev–Trinajstić information content (AvgIpc) is 2.40. The van der Waals surface area contributed by atoms with Gasteiger partial charge in [-0.2, -0.15) is 0 Å². The van der Waals surface area contributed by atoms with Crippen LogP contribution in [-0.4, -0.2) is 6.04 Å². The molecule has 2 aromatic carbocycles. The Morgan fingerprint density at radius 2 is 1.81 bits per heavy atom. The summed E-state index contributed by atoms with van der Waals surface area (Å²) in [6.45, 7) is 3.98. The van der Waals surface area contributed by atoms with Crippen molar-refractivity contribution in [2.24, 2.45) is 0 Å². The first-order chi connectivity index (χ1) is 9.95. The Kier molecular flexibility index (Phi) is 5.34. The molecule has 0 saturated carbocycles. The Morgan fingerprint density at radius 1 is 1.14 bits per heavy atom. The standard InChI is InChI=1S/C17H18BrF2N/c1-11-4-3-5-13(8-11)7-6-12(2)21-17-15(19)9-14(18)10-16(17)20/h3-5,8-10,12,21H,6-7H2,1-2H3. The van der Waals surface area contributed by atoms with Gasteiger partial charge < -0.3 is 5.32 Å². The van der Waals surface area contributed by atoms with Crippen LogP contribution >= 0.6 is 15.9 Å². The zero-order valence-electron chi connectivity index (χ0n) is 12.1. The molecule has 2 aromatic rings. The van der Waals surface area contributed by atoms with Crippen molar-refractivity contribution in [3.8, 4) is 0 Å². The van der Waals surface area contributed by atoms with Crippen LogP contribution in [0.3, 0.4) is 0 Å². The highest BCUT2D eigenvalue weighted by Gasteiger charge is 2.13. The van der Waals surface area contributed by atoms with Crippen LogP contribution in [0.1, 0.15) is 24.5 Å². The van der Waals surface area contributed by atoms with Crippen LogP contribution in [0, 0.1) is 18.6 Å². The van der Waals surface area contributed by atoms with Crippen LogP contribution in [0.5, 0.6) is 0 Å². The fourth-order valence-electron chi connectivity index (χ4n) is 2.25. The molecule has 0 aromatic heterocycles. The molecule has 0 radical (unpaired) electrons. The fraction of sp³-hybridized carbons (Fsp3) is 0.294. The first-order valence-electron chi connectivity index (χ1n) is 6.92. The van der Waals surface area contributed by atoms with Crippen LogP contribution in [0.25, 0.3) is 0 Å². The maximum absolute atomic E-state index is 13.8. The van der Waals surface area contributed by atoms with Crippen LogP contribution in [0.15, 0.2) is 40.9 Å². The van der Waals surface area contributed by atoms with Crippen molar-refractivity contribution in [2.75, 3.05) is 5.32 Å². The van der Waals surface area contributed by atoms with Gasteiger partial charge in [-0.25, -0.2) is 8.78 Å². The molecule has 21 heavy (non-hydrogen) atoms. The lowest BCUT2D eigenvalue weighted by Crippen LogP contribution is -2.18. The summed E-state index contributed by atoms with van der Waals surface area (Å²) in [5.74, 6) is -1.16. The molecular formula is C17H18BrF2N. The van der Waals surface area contributed by atoms with Gasteiger partial charge in [-0.05, 0) is 44.4 Å². The highest BCUT2D eigenvalue weighted by atomic mass is 79.9. The Balaban J connectivity index is 1.97. The fourth-order valence-corrected chi connectivity index (χ4v) is 2.65. The summed E-state index contributed by atoms with van der Waals surface area (Å²) >= 11 is 3.07. The molecule has 1 atom stereocenters. The number of hydrogen-bond donors (Lipinski definition) is 1. The summed E-state index contributed by atoms with van der Waals surface area (Å²) in [6, 6.07) is 10.8. The van der Waals surface area contributed by atoms with E-state index in [1.807, 2.05) is 13.0 Å². The Hall–Kier alpha value is -1.42. The largest absolute Gasteiger partial charge is 0.378 e. The van der Waals surface area contributed by atoms with Gasteiger partial charge in [-0.3, -0.25) is 0 Å². The number of anilines is 1. The summed E-state index contributed by atoms with van der Waals surface area (Å²) < 4.78 is 27.9. The monoisotopic (exact) mass is 353 g/mol. The van der Waals surface area contributed by atoms with Crippen molar-refractivity contribution in [2.45, 2.75) is 32.7 Å². The molecule has 1 N–H and O–H groups in total. The van der Waals surface area contributed by atoms with Crippen molar-refractivity contribution in [3.63, 3.8) is 0 Å². The molecule has 4 heteroatoms. The van der Waals surface area contributed by atoms with Crippen molar-refractivity contribution < 1.29 is 8.78 Å². The molecular weight excluding hydrogens is 336 g/mol. The summed E-state index contributed by atoms with van der Waals surface area (Å²) in [5, 5.41) is 2.92. The lowest BCUT2D eigenvalue weighted by molar-refractivity contribution is 0.578. The SMILES string of the molecule is Cc1cccc(CCC(C)Nc2c(F)cc(Br)cc2F)c1. The number of rotatable bonds is 5. The van der Waals surface area contributed by atoms with E-state index in [1.54, 1.807) is 0 Å². The quantitative estimate of drug-likeness (QED) is 0.751. The molecule has 0 fully saturated rings.